The van der Waals surface area contributed by atoms with E-state index in [1.54, 1.807) is 5.32 Å². The van der Waals surface area contributed by atoms with Crippen LogP contribution in [0.3, 0.4) is 0 Å². The van der Waals surface area contributed by atoms with Crippen LogP contribution in [0.25, 0.3) is 0 Å². The molecule has 1 amide bonds. The molecule has 1 aromatic heterocycles. The number of benzene rings is 1. The molecule has 1 heterocycles. The standard InChI is InChI=1S/C17H14ClF4N3O3/c1-2-28-15(27)16(17(20,21)22,24-11-5-6-13(19)12(18)8-11)25-14(26)10-4-3-7-23-9-10/h3-9,24H,2H2,1H3,(H,25,26)/t16-/m1/s1. The summed E-state index contributed by atoms with van der Waals surface area (Å²) in [6, 6.07) is 5.12. The molecule has 0 bridgehead atoms. The zero-order valence-corrected chi connectivity index (χ0v) is 15.1. The highest BCUT2D eigenvalue weighted by Crippen LogP contribution is 2.34. The van der Waals surface area contributed by atoms with Gasteiger partial charge < -0.3 is 15.4 Å². The van der Waals surface area contributed by atoms with Gasteiger partial charge in [-0.3, -0.25) is 9.78 Å². The molecule has 28 heavy (non-hydrogen) atoms. The number of alkyl halides is 3. The van der Waals surface area contributed by atoms with Gasteiger partial charge in [-0.1, -0.05) is 11.6 Å². The van der Waals surface area contributed by atoms with Crippen LogP contribution in [-0.2, 0) is 9.53 Å². The maximum atomic E-state index is 14.0. The summed E-state index contributed by atoms with van der Waals surface area (Å²) in [5, 5.41) is 3.03. The minimum atomic E-state index is -5.34. The first-order valence-corrected chi connectivity index (χ1v) is 8.18. The van der Waals surface area contributed by atoms with Gasteiger partial charge in [-0.05, 0) is 37.3 Å². The van der Waals surface area contributed by atoms with Crippen LogP contribution < -0.4 is 10.6 Å². The number of ether oxygens (including phenoxy) is 1. The van der Waals surface area contributed by atoms with Crippen LogP contribution in [0.15, 0.2) is 42.7 Å². The van der Waals surface area contributed by atoms with Gasteiger partial charge in [0.15, 0.2) is 0 Å². The Kier molecular flexibility index (Phi) is 6.45. The lowest BCUT2D eigenvalue weighted by atomic mass is 10.1. The third kappa shape index (κ3) is 4.50. The summed E-state index contributed by atoms with van der Waals surface area (Å²) >= 11 is 5.59. The van der Waals surface area contributed by atoms with Gasteiger partial charge in [0.25, 0.3) is 5.91 Å². The summed E-state index contributed by atoms with van der Waals surface area (Å²) in [7, 11) is 0. The smallest absolute Gasteiger partial charge is 0.441 e. The Bertz CT molecular complexity index is 864. The van der Waals surface area contributed by atoms with Crippen molar-refractivity contribution in [1.82, 2.24) is 10.3 Å². The molecule has 1 atom stereocenters. The summed E-state index contributed by atoms with van der Waals surface area (Å²) in [6.07, 6.45) is -2.99. The van der Waals surface area contributed by atoms with E-state index < -0.39 is 34.6 Å². The fraction of sp³-hybridized carbons (Fsp3) is 0.235. The van der Waals surface area contributed by atoms with Gasteiger partial charge in [-0.25, -0.2) is 9.18 Å². The first-order chi connectivity index (χ1) is 13.1. The highest BCUT2D eigenvalue weighted by atomic mass is 35.5. The number of nitrogens with zero attached hydrogens (tertiary/aromatic N) is 1. The molecule has 1 aromatic carbocycles. The molecule has 2 rings (SSSR count). The fourth-order valence-electron chi connectivity index (χ4n) is 2.16. The quantitative estimate of drug-likeness (QED) is 0.425. The highest BCUT2D eigenvalue weighted by molar-refractivity contribution is 6.31. The first-order valence-electron chi connectivity index (χ1n) is 7.80. The average molecular weight is 420 g/mol. The predicted octanol–water partition coefficient (Wildman–Crippen LogP) is 3.54. The van der Waals surface area contributed by atoms with Gasteiger partial charge in [-0.15, -0.1) is 0 Å². The molecular weight excluding hydrogens is 406 g/mol. The number of esters is 1. The lowest BCUT2D eigenvalue weighted by Crippen LogP contribution is -2.69. The van der Waals surface area contributed by atoms with Crippen molar-refractivity contribution in [3.05, 3.63) is 59.1 Å². The van der Waals surface area contributed by atoms with Crippen molar-refractivity contribution < 1.29 is 31.9 Å². The Hall–Kier alpha value is -2.88. The number of anilines is 1. The summed E-state index contributed by atoms with van der Waals surface area (Å²) in [5.74, 6) is -3.92. The maximum absolute atomic E-state index is 14.0. The van der Waals surface area contributed by atoms with E-state index in [0.29, 0.717) is 0 Å². The minimum Gasteiger partial charge on any atom is -0.463 e. The van der Waals surface area contributed by atoms with Crippen molar-refractivity contribution in [3.63, 3.8) is 0 Å². The molecule has 11 heteroatoms. The Morgan fingerprint density at radius 2 is 1.96 bits per heavy atom. The van der Waals surface area contributed by atoms with Crippen molar-refractivity contribution in [2.75, 3.05) is 11.9 Å². The topological polar surface area (TPSA) is 80.3 Å². The molecule has 2 aromatic rings. The Balaban J connectivity index is 2.52. The number of hydrogen-bond donors (Lipinski definition) is 2. The van der Waals surface area contributed by atoms with Crippen LogP contribution in [0, 0.1) is 5.82 Å². The second-order valence-corrected chi connectivity index (χ2v) is 5.83. The zero-order valence-electron chi connectivity index (χ0n) is 14.3. The van der Waals surface area contributed by atoms with Crippen molar-refractivity contribution in [3.8, 4) is 0 Å². The van der Waals surface area contributed by atoms with Gasteiger partial charge in [0.05, 0.1) is 17.2 Å². The molecule has 0 spiro atoms. The van der Waals surface area contributed by atoms with Gasteiger partial charge in [0.1, 0.15) is 5.82 Å². The summed E-state index contributed by atoms with van der Waals surface area (Å²) in [4.78, 5) is 28.3. The maximum Gasteiger partial charge on any atom is 0.441 e. The minimum absolute atomic E-state index is 0.223. The molecule has 0 aliphatic rings. The van der Waals surface area contributed by atoms with E-state index in [4.69, 9.17) is 11.6 Å². The van der Waals surface area contributed by atoms with E-state index in [9.17, 15) is 27.2 Å². The number of carbonyl (C=O) groups excluding carboxylic acids is 2. The second kappa shape index (κ2) is 8.42. The lowest BCUT2D eigenvalue weighted by Gasteiger charge is -2.35. The molecule has 0 saturated heterocycles. The number of carbonyl (C=O) groups is 2. The molecule has 0 unspecified atom stereocenters. The summed E-state index contributed by atoms with van der Waals surface area (Å²) < 4.78 is 59.8. The second-order valence-electron chi connectivity index (χ2n) is 5.42. The van der Waals surface area contributed by atoms with Crippen LogP contribution in [0.2, 0.25) is 5.02 Å². The Morgan fingerprint density at radius 1 is 1.25 bits per heavy atom. The van der Waals surface area contributed by atoms with E-state index in [1.807, 2.05) is 5.32 Å². The molecule has 0 saturated carbocycles. The molecule has 150 valence electrons. The number of hydrogen-bond acceptors (Lipinski definition) is 5. The number of nitrogens with one attached hydrogen (secondary N) is 2. The van der Waals surface area contributed by atoms with Gasteiger partial charge in [0.2, 0.25) is 0 Å². The molecule has 6 nitrogen and oxygen atoms in total. The Labute approximate surface area is 161 Å². The molecule has 0 aliphatic heterocycles. The zero-order chi connectivity index (χ0) is 20.9. The number of rotatable bonds is 6. The molecular formula is C17H14ClF4N3O3. The SMILES string of the molecule is CCOC(=O)[C@](NC(=O)c1cccnc1)(Nc1ccc(F)c(Cl)c1)C(F)(F)F. The van der Waals surface area contributed by atoms with E-state index >= 15 is 0 Å². The van der Waals surface area contributed by atoms with Crippen molar-refractivity contribution in [2.45, 2.75) is 18.8 Å². The predicted molar refractivity (Wildman–Crippen MR) is 92.2 cm³/mol. The summed E-state index contributed by atoms with van der Waals surface area (Å²) in [5.41, 5.74) is -4.25. The van der Waals surface area contributed by atoms with Gasteiger partial charge in [-0.2, -0.15) is 13.2 Å². The number of amides is 1. The van der Waals surface area contributed by atoms with Crippen LogP contribution >= 0.6 is 11.6 Å². The molecule has 0 radical (unpaired) electrons. The normalized spacial score (nSPS) is 13.4. The Morgan fingerprint density at radius 3 is 2.50 bits per heavy atom. The van der Waals surface area contributed by atoms with Crippen LogP contribution in [0.5, 0.6) is 0 Å². The van der Waals surface area contributed by atoms with E-state index in [1.165, 1.54) is 25.3 Å². The van der Waals surface area contributed by atoms with Crippen molar-refractivity contribution >= 4 is 29.2 Å². The third-order valence-corrected chi connectivity index (χ3v) is 3.77. The number of aromatic nitrogens is 1. The molecule has 0 fully saturated rings. The van der Waals surface area contributed by atoms with E-state index in [-0.39, 0.29) is 17.9 Å². The van der Waals surface area contributed by atoms with E-state index in [2.05, 4.69) is 9.72 Å². The number of pyridine rings is 1. The highest BCUT2D eigenvalue weighted by Gasteiger charge is 2.63. The van der Waals surface area contributed by atoms with Crippen molar-refractivity contribution in [2.24, 2.45) is 0 Å². The average Bonchev–Trinajstić information content (AvgIpc) is 2.64. The molecule has 0 aliphatic carbocycles. The van der Waals surface area contributed by atoms with Crippen LogP contribution in [-0.4, -0.2) is 35.3 Å². The monoisotopic (exact) mass is 419 g/mol. The lowest BCUT2D eigenvalue weighted by molar-refractivity contribution is -0.204. The van der Waals surface area contributed by atoms with Gasteiger partial charge in [0, 0.05) is 18.1 Å². The third-order valence-electron chi connectivity index (χ3n) is 3.48. The first kappa shape index (κ1) is 21.4. The van der Waals surface area contributed by atoms with Crippen LogP contribution in [0.4, 0.5) is 23.2 Å². The largest absolute Gasteiger partial charge is 0.463 e. The van der Waals surface area contributed by atoms with Crippen molar-refractivity contribution in [1.29, 1.82) is 0 Å². The molecule has 2 N–H and O–H groups in total. The van der Waals surface area contributed by atoms with Crippen LogP contribution in [0.1, 0.15) is 17.3 Å². The fourth-order valence-corrected chi connectivity index (χ4v) is 2.34. The van der Waals surface area contributed by atoms with E-state index in [0.717, 1.165) is 24.4 Å². The van der Waals surface area contributed by atoms with Gasteiger partial charge >= 0.3 is 17.8 Å². The number of halogens is 5. The summed E-state index contributed by atoms with van der Waals surface area (Å²) in [6.45, 7) is 0.919.